The van der Waals surface area contributed by atoms with Crippen LogP contribution in [0, 0.1) is 0 Å². The second-order valence-corrected chi connectivity index (χ2v) is 4.60. The van der Waals surface area contributed by atoms with Gasteiger partial charge in [0.2, 0.25) is 0 Å². The van der Waals surface area contributed by atoms with Gasteiger partial charge in [0.05, 0.1) is 6.04 Å². The van der Waals surface area contributed by atoms with Crippen molar-refractivity contribution in [1.29, 1.82) is 0 Å². The molecule has 0 radical (unpaired) electrons. The van der Waals surface area contributed by atoms with Gasteiger partial charge < -0.3 is 10.5 Å². The maximum atomic E-state index is 11.7. The number of carbonyl (C=O) groups is 1. The maximum absolute atomic E-state index is 11.7. The monoisotopic (exact) mass is 212 g/mol. The molecule has 1 saturated heterocycles. The Labute approximate surface area is 90.8 Å². The Kier molecular flexibility index (Phi) is 3.14. The third-order valence-electron chi connectivity index (χ3n) is 3.64. The van der Waals surface area contributed by atoms with Crippen LogP contribution >= 0.6 is 0 Å². The highest BCUT2D eigenvalue weighted by Crippen LogP contribution is 2.29. The standard InChI is InChI=1S/C11H20N2O2/c1-8-10(7-12)15-11(14)13(8)9-5-3-2-4-6-9/h8-10H,2-7,12H2,1H3. The Morgan fingerprint density at radius 1 is 1.40 bits per heavy atom. The van der Waals surface area contributed by atoms with Crippen molar-refractivity contribution in [2.24, 2.45) is 5.73 Å². The highest BCUT2D eigenvalue weighted by atomic mass is 16.6. The first-order chi connectivity index (χ1) is 7.24. The molecule has 1 aliphatic heterocycles. The van der Waals surface area contributed by atoms with Crippen molar-refractivity contribution >= 4 is 6.09 Å². The molecule has 2 N–H and O–H groups in total. The van der Waals surface area contributed by atoms with Crippen LogP contribution in [-0.4, -0.2) is 35.7 Å². The summed E-state index contributed by atoms with van der Waals surface area (Å²) in [6.45, 7) is 2.47. The van der Waals surface area contributed by atoms with Gasteiger partial charge in [-0.1, -0.05) is 19.3 Å². The first kappa shape index (κ1) is 10.7. The lowest BCUT2D eigenvalue weighted by Crippen LogP contribution is -2.44. The molecule has 2 atom stereocenters. The van der Waals surface area contributed by atoms with Gasteiger partial charge in [0.1, 0.15) is 6.10 Å². The molecule has 0 spiro atoms. The molecule has 2 aliphatic rings. The number of ether oxygens (including phenoxy) is 1. The number of nitrogens with two attached hydrogens (primary N) is 1. The van der Waals surface area contributed by atoms with Gasteiger partial charge in [-0.05, 0) is 19.8 Å². The van der Waals surface area contributed by atoms with Crippen molar-refractivity contribution in [2.75, 3.05) is 6.54 Å². The normalized spacial score (nSPS) is 33.2. The van der Waals surface area contributed by atoms with E-state index in [1.54, 1.807) is 0 Å². The molecule has 0 bridgehead atoms. The van der Waals surface area contributed by atoms with E-state index >= 15 is 0 Å². The van der Waals surface area contributed by atoms with E-state index in [0.29, 0.717) is 12.6 Å². The minimum Gasteiger partial charge on any atom is -0.443 e. The van der Waals surface area contributed by atoms with Gasteiger partial charge in [0, 0.05) is 12.6 Å². The third-order valence-corrected chi connectivity index (χ3v) is 3.64. The van der Waals surface area contributed by atoms with E-state index in [-0.39, 0.29) is 18.2 Å². The van der Waals surface area contributed by atoms with E-state index in [2.05, 4.69) is 0 Å². The van der Waals surface area contributed by atoms with E-state index in [1.165, 1.54) is 19.3 Å². The molecular weight excluding hydrogens is 192 g/mol. The van der Waals surface area contributed by atoms with E-state index < -0.39 is 0 Å². The summed E-state index contributed by atoms with van der Waals surface area (Å²) in [6, 6.07) is 0.531. The second-order valence-electron chi connectivity index (χ2n) is 4.60. The van der Waals surface area contributed by atoms with Crippen LogP contribution in [0.25, 0.3) is 0 Å². The third kappa shape index (κ3) is 1.95. The molecule has 0 aromatic heterocycles. The Morgan fingerprint density at radius 2 is 2.07 bits per heavy atom. The summed E-state index contributed by atoms with van der Waals surface area (Å²) in [6.07, 6.45) is 5.73. The van der Waals surface area contributed by atoms with Crippen molar-refractivity contribution < 1.29 is 9.53 Å². The molecule has 0 aromatic rings. The highest BCUT2D eigenvalue weighted by molar-refractivity contribution is 5.71. The predicted molar refractivity (Wildman–Crippen MR) is 57.5 cm³/mol. The zero-order valence-corrected chi connectivity index (χ0v) is 9.32. The maximum Gasteiger partial charge on any atom is 0.410 e. The minimum absolute atomic E-state index is 0.112. The van der Waals surface area contributed by atoms with Crippen molar-refractivity contribution in [3.63, 3.8) is 0 Å². The Hall–Kier alpha value is -0.770. The lowest BCUT2D eigenvalue weighted by Gasteiger charge is -2.32. The van der Waals surface area contributed by atoms with Crippen molar-refractivity contribution in [3.8, 4) is 0 Å². The molecule has 4 heteroatoms. The van der Waals surface area contributed by atoms with Crippen LogP contribution in [0.3, 0.4) is 0 Å². The van der Waals surface area contributed by atoms with Crippen LogP contribution in [0.2, 0.25) is 0 Å². The molecule has 4 nitrogen and oxygen atoms in total. The van der Waals surface area contributed by atoms with E-state index in [9.17, 15) is 4.79 Å². The molecule has 1 saturated carbocycles. The number of rotatable bonds is 2. The SMILES string of the molecule is CC1C(CN)OC(=O)N1C1CCCCC1. The van der Waals surface area contributed by atoms with Gasteiger partial charge in [-0.2, -0.15) is 0 Å². The minimum atomic E-state index is -0.162. The smallest absolute Gasteiger partial charge is 0.410 e. The Morgan fingerprint density at radius 3 is 2.60 bits per heavy atom. The second kappa shape index (κ2) is 4.39. The summed E-state index contributed by atoms with van der Waals surface area (Å²) >= 11 is 0. The molecule has 1 heterocycles. The number of cyclic esters (lactones) is 1. The summed E-state index contributed by atoms with van der Waals surface area (Å²) in [5, 5.41) is 0. The predicted octanol–water partition coefficient (Wildman–Crippen LogP) is 1.49. The first-order valence-corrected chi connectivity index (χ1v) is 5.93. The van der Waals surface area contributed by atoms with Crippen molar-refractivity contribution in [1.82, 2.24) is 4.90 Å². The number of amides is 1. The van der Waals surface area contributed by atoms with Crippen molar-refractivity contribution in [3.05, 3.63) is 0 Å². The lowest BCUT2D eigenvalue weighted by molar-refractivity contribution is 0.125. The summed E-state index contributed by atoms with van der Waals surface area (Å²) in [5.74, 6) is 0. The van der Waals surface area contributed by atoms with Gasteiger partial charge in [-0.3, -0.25) is 4.90 Å². The Bertz CT molecular complexity index is 239. The quantitative estimate of drug-likeness (QED) is 0.754. The zero-order valence-electron chi connectivity index (χ0n) is 9.32. The fraction of sp³-hybridized carbons (Fsp3) is 0.909. The topological polar surface area (TPSA) is 55.6 Å². The summed E-state index contributed by atoms with van der Waals surface area (Å²) in [5.41, 5.74) is 5.57. The fourth-order valence-corrected chi connectivity index (χ4v) is 2.72. The molecule has 0 aromatic carbocycles. The van der Waals surface area contributed by atoms with Gasteiger partial charge in [0.25, 0.3) is 0 Å². The van der Waals surface area contributed by atoms with Crippen LogP contribution in [0.5, 0.6) is 0 Å². The van der Waals surface area contributed by atoms with Crippen LogP contribution < -0.4 is 5.73 Å². The van der Waals surface area contributed by atoms with Gasteiger partial charge >= 0.3 is 6.09 Å². The van der Waals surface area contributed by atoms with Crippen LogP contribution in [0.4, 0.5) is 4.79 Å². The molecule has 86 valence electrons. The molecule has 2 fully saturated rings. The van der Waals surface area contributed by atoms with Gasteiger partial charge in [-0.15, -0.1) is 0 Å². The van der Waals surface area contributed by atoms with E-state index in [1.807, 2.05) is 11.8 Å². The average molecular weight is 212 g/mol. The molecule has 1 amide bonds. The van der Waals surface area contributed by atoms with Crippen LogP contribution in [0.1, 0.15) is 39.0 Å². The molecular formula is C11H20N2O2. The summed E-state index contributed by atoms with van der Waals surface area (Å²) < 4.78 is 5.25. The number of hydrogen-bond acceptors (Lipinski definition) is 3. The van der Waals surface area contributed by atoms with E-state index in [4.69, 9.17) is 10.5 Å². The Balaban J connectivity index is 2.03. The molecule has 15 heavy (non-hydrogen) atoms. The number of hydrogen-bond donors (Lipinski definition) is 1. The van der Waals surface area contributed by atoms with Crippen LogP contribution in [-0.2, 0) is 4.74 Å². The zero-order chi connectivity index (χ0) is 10.8. The molecule has 1 aliphatic carbocycles. The fourth-order valence-electron chi connectivity index (χ4n) is 2.72. The van der Waals surface area contributed by atoms with Crippen LogP contribution in [0.15, 0.2) is 0 Å². The van der Waals surface area contributed by atoms with E-state index in [0.717, 1.165) is 12.8 Å². The number of nitrogens with zero attached hydrogens (tertiary/aromatic N) is 1. The lowest BCUT2D eigenvalue weighted by atomic mass is 9.93. The highest BCUT2D eigenvalue weighted by Gasteiger charge is 2.41. The van der Waals surface area contributed by atoms with Gasteiger partial charge in [-0.25, -0.2) is 4.79 Å². The average Bonchev–Trinajstić information content (AvgIpc) is 2.55. The molecule has 2 unspecified atom stereocenters. The first-order valence-electron chi connectivity index (χ1n) is 5.93. The summed E-state index contributed by atoms with van der Waals surface area (Å²) in [7, 11) is 0. The summed E-state index contributed by atoms with van der Waals surface area (Å²) in [4.78, 5) is 13.6. The van der Waals surface area contributed by atoms with Gasteiger partial charge in [0.15, 0.2) is 0 Å². The van der Waals surface area contributed by atoms with Crippen molar-refractivity contribution in [2.45, 2.75) is 57.2 Å². The number of carbonyl (C=O) groups excluding carboxylic acids is 1. The molecule has 2 rings (SSSR count). The largest absolute Gasteiger partial charge is 0.443 e.